The minimum atomic E-state index is -0.262. The van der Waals surface area contributed by atoms with Crippen LogP contribution in [-0.2, 0) is 0 Å². The van der Waals surface area contributed by atoms with Gasteiger partial charge in [-0.15, -0.1) is 0 Å². The van der Waals surface area contributed by atoms with Crippen LogP contribution in [0.3, 0.4) is 0 Å². The largest absolute Gasteiger partial charge is 0.254 e. The average Bonchev–Trinajstić information content (AvgIpc) is 2.20. The lowest BCUT2D eigenvalue weighted by molar-refractivity contribution is 0.628. The second-order valence-electron chi connectivity index (χ2n) is 3.35. The van der Waals surface area contributed by atoms with Crippen LogP contribution in [0.1, 0.15) is 5.56 Å². The Labute approximate surface area is 92.5 Å². The highest BCUT2D eigenvalue weighted by Gasteiger charge is 2.04. The highest BCUT2D eigenvalue weighted by atomic mass is 35.5. The first kappa shape index (κ1) is 10.1. The summed E-state index contributed by atoms with van der Waals surface area (Å²) in [4.78, 5) is 4.22. The third-order valence-electron chi connectivity index (χ3n) is 2.10. The van der Waals surface area contributed by atoms with Crippen LogP contribution in [0.15, 0.2) is 36.5 Å². The summed E-state index contributed by atoms with van der Waals surface area (Å²) >= 11 is 6.05. The molecule has 3 heteroatoms. The molecular formula is C12H9ClFN. The molecule has 0 aliphatic rings. The van der Waals surface area contributed by atoms with E-state index in [9.17, 15) is 4.39 Å². The highest BCUT2D eigenvalue weighted by molar-refractivity contribution is 6.33. The van der Waals surface area contributed by atoms with E-state index in [0.29, 0.717) is 10.7 Å². The fourth-order valence-corrected chi connectivity index (χ4v) is 1.68. The predicted octanol–water partition coefficient (Wildman–Crippen LogP) is 3.85. The van der Waals surface area contributed by atoms with Crippen LogP contribution in [-0.4, -0.2) is 4.98 Å². The molecule has 2 rings (SSSR count). The first-order valence-electron chi connectivity index (χ1n) is 4.55. The van der Waals surface area contributed by atoms with E-state index in [1.165, 1.54) is 12.1 Å². The molecule has 0 fully saturated rings. The van der Waals surface area contributed by atoms with E-state index in [-0.39, 0.29) is 5.82 Å². The average molecular weight is 222 g/mol. The summed E-state index contributed by atoms with van der Waals surface area (Å²) in [6.45, 7) is 1.92. The molecule has 1 nitrogen and oxygen atoms in total. The Balaban J connectivity index is 2.49. The summed E-state index contributed by atoms with van der Waals surface area (Å²) in [5.41, 5.74) is 2.51. The number of benzene rings is 1. The number of hydrogen-bond donors (Lipinski definition) is 0. The summed E-state index contributed by atoms with van der Waals surface area (Å²) in [7, 11) is 0. The standard InChI is InChI=1S/C12H9ClFN/c1-8-6-11(13)12(15-7-8)9-2-4-10(14)5-3-9/h2-7H,1H3. The van der Waals surface area contributed by atoms with Gasteiger partial charge in [0.25, 0.3) is 0 Å². The molecule has 0 aliphatic carbocycles. The number of pyridine rings is 1. The molecule has 0 unspecified atom stereocenters. The number of hydrogen-bond acceptors (Lipinski definition) is 1. The van der Waals surface area contributed by atoms with Crippen molar-refractivity contribution in [2.75, 3.05) is 0 Å². The maximum Gasteiger partial charge on any atom is 0.123 e. The molecule has 0 saturated carbocycles. The van der Waals surface area contributed by atoms with Gasteiger partial charge in [-0.3, -0.25) is 4.98 Å². The molecule has 0 N–H and O–H groups in total. The third-order valence-corrected chi connectivity index (χ3v) is 2.38. The van der Waals surface area contributed by atoms with Crippen molar-refractivity contribution in [1.82, 2.24) is 4.98 Å². The fourth-order valence-electron chi connectivity index (χ4n) is 1.35. The minimum Gasteiger partial charge on any atom is -0.254 e. The topological polar surface area (TPSA) is 12.9 Å². The molecule has 0 spiro atoms. The fraction of sp³-hybridized carbons (Fsp3) is 0.0833. The molecule has 2 aromatic rings. The molecule has 1 heterocycles. The van der Waals surface area contributed by atoms with Gasteiger partial charge in [-0.1, -0.05) is 11.6 Å². The summed E-state index contributed by atoms with van der Waals surface area (Å²) in [5.74, 6) is -0.262. The lowest BCUT2D eigenvalue weighted by Crippen LogP contribution is -1.86. The predicted molar refractivity (Wildman–Crippen MR) is 59.4 cm³/mol. The van der Waals surface area contributed by atoms with E-state index in [1.807, 2.05) is 13.0 Å². The molecule has 1 aromatic carbocycles. The third kappa shape index (κ3) is 2.16. The molecule has 0 radical (unpaired) electrons. The molecule has 0 atom stereocenters. The van der Waals surface area contributed by atoms with E-state index in [4.69, 9.17) is 11.6 Å². The van der Waals surface area contributed by atoms with Gasteiger partial charge in [-0.2, -0.15) is 0 Å². The molecule has 0 bridgehead atoms. The number of aryl methyl sites for hydroxylation is 1. The van der Waals surface area contributed by atoms with Crippen molar-refractivity contribution in [3.63, 3.8) is 0 Å². The molecule has 0 amide bonds. The maximum atomic E-state index is 12.7. The van der Waals surface area contributed by atoms with Gasteiger partial charge in [0.15, 0.2) is 0 Å². The van der Waals surface area contributed by atoms with Crippen molar-refractivity contribution in [3.05, 3.63) is 52.9 Å². The van der Waals surface area contributed by atoms with E-state index in [1.54, 1.807) is 18.3 Å². The first-order chi connectivity index (χ1) is 7.16. The van der Waals surface area contributed by atoms with E-state index in [2.05, 4.69) is 4.98 Å². The van der Waals surface area contributed by atoms with Crippen molar-refractivity contribution < 1.29 is 4.39 Å². The smallest absolute Gasteiger partial charge is 0.123 e. The SMILES string of the molecule is Cc1cnc(-c2ccc(F)cc2)c(Cl)c1. The Morgan fingerprint density at radius 3 is 2.47 bits per heavy atom. The van der Waals surface area contributed by atoms with Crippen LogP contribution >= 0.6 is 11.6 Å². The van der Waals surface area contributed by atoms with Gasteiger partial charge < -0.3 is 0 Å². The summed E-state index contributed by atoms with van der Waals surface area (Å²) in [6, 6.07) is 7.96. The summed E-state index contributed by atoms with van der Waals surface area (Å²) in [5, 5.41) is 0.585. The Morgan fingerprint density at radius 2 is 1.87 bits per heavy atom. The van der Waals surface area contributed by atoms with Gasteiger partial charge in [0.2, 0.25) is 0 Å². The Morgan fingerprint density at radius 1 is 1.20 bits per heavy atom. The van der Waals surface area contributed by atoms with Crippen molar-refractivity contribution in [1.29, 1.82) is 0 Å². The highest BCUT2D eigenvalue weighted by Crippen LogP contribution is 2.26. The zero-order chi connectivity index (χ0) is 10.8. The number of aromatic nitrogens is 1. The molecule has 0 saturated heterocycles. The van der Waals surface area contributed by atoms with Crippen LogP contribution in [0.2, 0.25) is 5.02 Å². The van der Waals surface area contributed by atoms with Gasteiger partial charge >= 0.3 is 0 Å². The van der Waals surface area contributed by atoms with Crippen molar-refractivity contribution in [3.8, 4) is 11.3 Å². The lowest BCUT2D eigenvalue weighted by Gasteiger charge is -2.03. The van der Waals surface area contributed by atoms with Crippen molar-refractivity contribution in [2.24, 2.45) is 0 Å². The maximum absolute atomic E-state index is 12.7. The molecular weight excluding hydrogens is 213 g/mol. The zero-order valence-corrected chi connectivity index (χ0v) is 8.92. The number of halogens is 2. The second kappa shape index (κ2) is 3.99. The van der Waals surface area contributed by atoms with E-state index < -0.39 is 0 Å². The Hall–Kier alpha value is -1.41. The second-order valence-corrected chi connectivity index (χ2v) is 3.76. The zero-order valence-electron chi connectivity index (χ0n) is 8.17. The molecule has 15 heavy (non-hydrogen) atoms. The van der Waals surface area contributed by atoms with Gasteiger partial charge in [-0.25, -0.2) is 4.39 Å². The van der Waals surface area contributed by atoms with E-state index in [0.717, 1.165) is 11.1 Å². The van der Waals surface area contributed by atoms with Gasteiger partial charge in [0.1, 0.15) is 5.82 Å². The number of nitrogens with zero attached hydrogens (tertiary/aromatic N) is 1. The van der Waals surface area contributed by atoms with Gasteiger partial charge in [-0.05, 0) is 42.8 Å². The first-order valence-corrected chi connectivity index (χ1v) is 4.93. The van der Waals surface area contributed by atoms with Crippen LogP contribution < -0.4 is 0 Å². The van der Waals surface area contributed by atoms with E-state index >= 15 is 0 Å². The Kier molecular flexibility index (Phi) is 2.69. The molecule has 76 valence electrons. The lowest BCUT2D eigenvalue weighted by atomic mass is 10.1. The van der Waals surface area contributed by atoms with Crippen LogP contribution in [0.4, 0.5) is 4.39 Å². The normalized spacial score (nSPS) is 10.3. The molecule has 1 aromatic heterocycles. The van der Waals surface area contributed by atoms with Gasteiger partial charge in [0.05, 0.1) is 10.7 Å². The summed E-state index contributed by atoms with van der Waals surface area (Å²) in [6.07, 6.45) is 1.74. The Bertz CT molecular complexity index is 479. The number of rotatable bonds is 1. The van der Waals surface area contributed by atoms with Crippen LogP contribution in [0, 0.1) is 12.7 Å². The summed E-state index contributed by atoms with van der Waals surface area (Å²) < 4.78 is 12.7. The molecule has 0 aliphatic heterocycles. The van der Waals surface area contributed by atoms with Crippen LogP contribution in [0.5, 0.6) is 0 Å². The van der Waals surface area contributed by atoms with Crippen molar-refractivity contribution in [2.45, 2.75) is 6.92 Å². The van der Waals surface area contributed by atoms with Crippen molar-refractivity contribution >= 4 is 11.6 Å². The van der Waals surface area contributed by atoms with Crippen LogP contribution in [0.25, 0.3) is 11.3 Å². The minimum absolute atomic E-state index is 0.262. The quantitative estimate of drug-likeness (QED) is 0.713. The van der Waals surface area contributed by atoms with Gasteiger partial charge in [0, 0.05) is 11.8 Å². The monoisotopic (exact) mass is 221 g/mol.